The van der Waals surface area contributed by atoms with Crippen molar-refractivity contribution in [1.29, 1.82) is 0 Å². The average Bonchev–Trinajstić information content (AvgIpc) is 2.95. The first-order valence-corrected chi connectivity index (χ1v) is 7.72. The number of thiophene rings is 1. The van der Waals surface area contributed by atoms with E-state index in [4.69, 9.17) is 0 Å². The smallest absolute Gasteiger partial charge is 0.324 e. The van der Waals surface area contributed by atoms with Crippen LogP contribution < -0.4 is 5.32 Å². The van der Waals surface area contributed by atoms with E-state index >= 15 is 0 Å². The zero-order chi connectivity index (χ0) is 14.7. The molecule has 1 aliphatic heterocycles. The summed E-state index contributed by atoms with van der Waals surface area (Å²) in [4.78, 5) is 24.7. The molecule has 0 spiro atoms. The average molecular weight is 297 g/mol. The van der Waals surface area contributed by atoms with Gasteiger partial charge in [0.2, 0.25) is 0 Å². The molecular weight excluding hydrogens is 278 g/mol. The molecule has 110 valence electrons. The standard InChI is InChI=1S/C13H19N3O3S/c1-3-10-7-15(11(4-2)6-14-10)13(17)9-5-12(16(18)19)20-8-9/h5,8,10-11,14H,3-4,6-7H2,1-2H3. The highest BCUT2D eigenvalue weighted by atomic mass is 32.1. The second kappa shape index (κ2) is 6.32. The second-order valence-corrected chi connectivity index (χ2v) is 5.85. The summed E-state index contributed by atoms with van der Waals surface area (Å²) in [5.74, 6) is -0.0962. The first-order valence-electron chi connectivity index (χ1n) is 6.84. The van der Waals surface area contributed by atoms with E-state index < -0.39 is 4.92 Å². The number of hydrogen-bond acceptors (Lipinski definition) is 5. The second-order valence-electron chi connectivity index (χ2n) is 4.96. The lowest BCUT2D eigenvalue weighted by atomic mass is 10.0. The molecule has 2 heterocycles. The number of rotatable bonds is 4. The van der Waals surface area contributed by atoms with Gasteiger partial charge in [-0.2, -0.15) is 0 Å². The van der Waals surface area contributed by atoms with Gasteiger partial charge in [0.1, 0.15) is 0 Å². The molecule has 2 atom stereocenters. The molecule has 2 rings (SSSR count). The topological polar surface area (TPSA) is 75.5 Å². The number of amides is 1. The fraction of sp³-hybridized carbons (Fsp3) is 0.615. The Balaban J connectivity index is 2.17. The minimum absolute atomic E-state index is 0.0172. The normalized spacial score (nSPS) is 22.8. The van der Waals surface area contributed by atoms with E-state index in [1.54, 1.807) is 5.38 Å². The highest BCUT2D eigenvalue weighted by Crippen LogP contribution is 2.25. The van der Waals surface area contributed by atoms with Crippen LogP contribution in [0.25, 0.3) is 0 Å². The quantitative estimate of drug-likeness (QED) is 0.683. The molecule has 1 aromatic heterocycles. The largest absolute Gasteiger partial charge is 0.333 e. The Labute approximate surface area is 121 Å². The van der Waals surface area contributed by atoms with Crippen LogP contribution in [0.5, 0.6) is 0 Å². The Morgan fingerprint density at radius 1 is 1.55 bits per heavy atom. The number of nitro groups is 1. The van der Waals surface area contributed by atoms with Gasteiger partial charge in [-0.1, -0.05) is 25.2 Å². The third-order valence-electron chi connectivity index (χ3n) is 3.74. The summed E-state index contributed by atoms with van der Waals surface area (Å²) in [6.45, 7) is 5.58. The van der Waals surface area contributed by atoms with Crippen molar-refractivity contribution in [2.24, 2.45) is 0 Å². The van der Waals surface area contributed by atoms with Crippen LogP contribution in [0.4, 0.5) is 5.00 Å². The minimum atomic E-state index is -0.453. The SMILES string of the molecule is CCC1CN(C(=O)c2csc([N+](=O)[O-])c2)C(CC)CN1. The van der Waals surface area contributed by atoms with Crippen LogP contribution in [0.3, 0.4) is 0 Å². The fourth-order valence-corrected chi connectivity index (χ4v) is 3.15. The molecule has 1 aliphatic rings. The van der Waals surface area contributed by atoms with Gasteiger partial charge in [0.05, 0.1) is 10.5 Å². The maximum absolute atomic E-state index is 12.5. The lowest BCUT2D eigenvalue weighted by molar-refractivity contribution is -0.380. The fourth-order valence-electron chi connectivity index (χ4n) is 2.45. The molecule has 2 unspecified atom stereocenters. The van der Waals surface area contributed by atoms with E-state index in [9.17, 15) is 14.9 Å². The van der Waals surface area contributed by atoms with Crippen LogP contribution in [-0.2, 0) is 0 Å². The van der Waals surface area contributed by atoms with Crippen molar-refractivity contribution < 1.29 is 9.72 Å². The number of hydrogen-bond donors (Lipinski definition) is 1. The van der Waals surface area contributed by atoms with Crippen LogP contribution in [0.2, 0.25) is 0 Å². The van der Waals surface area contributed by atoms with Gasteiger partial charge in [0.25, 0.3) is 5.91 Å². The lowest BCUT2D eigenvalue weighted by Crippen LogP contribution is -2.57. The maximum atomic E-state index is 12.5. The van der Waals surface area contributed by atoms with Gasteiger partial charge in [-0.05, 0) is 12.8 Å². The Kier molecular flexibility index (Phi) is 4.72. The molecule has 1 saturated heterocycles. The van der Waals surface area contributed by atoms with Gasteiger partial charge < -0.3 is 10.2 Å². The third-order valence-corrected chi connectivity index (χ3v) is 4.62. The van der Waals surface area contributed by atoms with E-state index in [0.29, 0.717) is 18.2 Å². The maximum Gasteiger partial charge on any atom is 0.324 e. The van der Waals surface area contributed by atoms with Crippen LogP contribution in [0.15, 0.2) is 11.4 Å². The highest BCUT2D eigenvalue weighted by Gasteiger charge is 2.31. The van der Waals surface area contributed by atoms with Crippen molar-refractivity contribution >= 4 is 22.2 Å². The zero-order valence-electron chi connectivity index (χ0n) is 11.7. The summed E-state index contributed by atoms with van der Waals surface area (Å²) in [6, 6.07) is 1.84. The number of nitrogens with zero attached hydrogens (tertiary/aromatic N) is 2. The Hall–Kier alpha value is -1.47. The van der Waals surface area contributed by atoms with Crippen LogP contribution >= 0.6 is 11.3 Å². The lowest BCUT2D eigenvalue weighted by Gasteiger charge is -2.39. The molecule has 0 aromatic carbocycles. The summed E-state index contributed by atoms with van der Waals surface area (Å²) in [7, 11) is 0. The molecule has 20 heavy (non-hydrogen) atoms. The Morgan fingerprint density at radius 3 is 2.85 bits per heavy atom. The van der Waals surface area contributed by atoms with Crippen molar-refractivity contribution in [2.75, 3.05) is 13.1 Å². The molecule has 1 N–H and O–H groups in total. The first kappa shape index (κ1) is 14.9. The van der Waals surface area contributed by atoms with Crippen molar-refractivity contribution in [3.8, 4) is 0 Å². The number of piperazine rings is 1. The molecule has 1 aromatic rings. The summed E-state index contributed by atoms with van der Waals surface area (Å²) in [5.41, 5.74) is 0.428. The Morgan fingerprint density at radius 2 is 2.30 bits per heavy atom. The number of carbonyl (C=O) groups excluding carboxylic acids is 1. The molecule has 0 aliphatic carbocycles. The summed E-state index contributed by atoms with van der Waals surface area (Å²) >= 11 is 1.00. The molecule has 0 saturated carbocycles. The number of carbonyl (C=O) groups is 1. The van der Waals surface area contributed by atoms with Gasteiger partial charge >= 0.3 is 5.00 Å². The Bertz CT molecular complexity index is 503. The molecule has 0 radical (unpaired) electrons. The monoisotopic (exact) mass is 297 g/mol. The van der Waals surface area contributed by atoms with Gasteiger partial charge in [-0.25, -0.2) is 0 Å². The summed E-state index contributed by atoms with van der Waals surface area (Å²) in [6.07, 6.45) is 1.84. The van der Waals surface area contributed by atoms with E-state index in [2.05, 4.69) is 19.2 Å². The minimum Gasteiger partial charge on any atom is -0.333 e. The van der Waals surface area contributed by atoms with E-state index in [1.807, 2.05) is 4.90 Å². The van der Waals surface area contributed by atoms with Crippen LogP contribution in [0.1, 0.15) is 37.0 Å². The van der Waals surface area contributed by atoms with Gasteiger partial charge in [0.15, 0.2) is 0 Å². The molecule has 1 fully saturated rings. The number of nitrogens with one attached hydrogen (secondary N) is 1. The van der Waals surface area contributed by atoms with Crippen LogP contribution in [0, 0.1) is 10.1 Å². The van der Waals surface area contributed by atoms with Gasteiger partial charge in [-0.15, -0.1) is 0 Å². The van der Waals surface area contributed by atoms with E-state index in [1.165, 1.54) is 6.07 Å². The van der Waals surface area contributed by atoms with Gasteiger partial charge in [0, 0.05) is 36.6 Å². The predicted octanol–water partition coefficient (Wildman–Crippen LogP) is 2.26. The van der Waals surface area contributed by atoms with Crippen molar-refractivity contribution in [1.82, 2.24) is 10.2 Å². The zero-order valence-corrected chi connectivity index (χ0v) is 12.5. The molecule has 7 heteroatoms. The molecule has 6 nitrogen and oxygen atoms in total. The molecule has 1 amide bonds. The highest BCUT2D eigenvalue weighted by molar-refractivity contribution is 7.13. The van der Waals surface area contributed by atoms with Crippen molar-refractivity contribution in [3.63, 3.8) is 0 Å². The summed E-state index contributed by atoms with van der Waals surface area (Å²) < 4.78 is 0. The van der Waals surface area contributed by atoms with E-state index in [0.717, 1.165) is 30.7 Å². The predicted molar refractivity (Wildman–Crippen MR) is 78.2 cm³/mol. The molecular formula is C13H19N3O3S. The van der Waals surface area contributed by atoms with Crippen molar-refractivity contribution in [2.45, 2.75) is 38.8 Å². The van der Waals surface area contributed by atoms with E-state index in [-0.39, 0.29) is 17.0 Å². The van der Waals surface area contributed by atoms with Crippen LogP contribution in [-0.4, -0.2) is 40.9 Å². The summed E-state index contributed by atoms with van der Waals surface area (Å²) in [5, 5.41) is 15.7. The first-order chi connectivity index (χ1) is 9.56. The third kappa shape index (κ3) is 2.99. The van der Waals surface area contributed by atoms with Gasteiger partial charge in [-0.3, -0.25) is 14.9 Å². The van der Waals surface area contributed by atoms with Crippen molar-refractivity contribution in [3.05, 3.63) is 27.1 Å². The molecule has 0 bridgehead atoms.